The van der Waals surface area contributed by atoms with Crippen LogP contribution in [0.25, 0.3) is 0 Å². The monoisotopic (exact) mass is 202 g/mol. The van der Waals surface area contributed by atoms with E-state index in [1.54, 1.807) is 13.8 Å². The average Bonchev–Trinajstić information content (AvgIpc) is 2.02. The number of amides is 1. The zero-order valence-corrected chi connectivity index (χ0v) is 9.39. The molecule has 0 aromatic heterocycles. The molecule has 4 heteroatoms. The maximum Gasteiger partial charge on any atom is 0.233 e. The highest BCUT2D eigenvalue weighted by Gasteiger charge is 2.11. The van der Waals surface area contributed by atoms with Gasteiger partial charge in [0.1, 0.15) is 0 Å². The lowest BCUT2D eigenvalue weighted by atomic mass is 10.1. The molecule has 0 heterocycles. The van der Waals surface area contributed by atoms with E-state index in [0.717, 1.165) is 19.4 Å². The third-order valence-electron chi connectivity index (χ3n) is 1.70. The molecule has 84 valence electrons. The first-order valence-corrected chi connectivity index (χ1v) is 5.15. The van der Waals surface area contributed by atoms with Gasteiger partial charge >= 0.3 is 0 Å². The Hall–Kier alpha value is -0.610. The lowest BCUT2D eigenvalue weighted by Gasteiger charge is -2.17. The molecule has 0 saturated heterocycles. The summed E-state index contributed by atoms with van der Waals surface area (Å²) in [4.78, 5) is 11.1. The topological polar surface area (TPSA) is 61.4 Å². The van der Waals surface area contributed by atoms with Gasteiger partial charge in [-0.25, -0.2) is 0 Å². The molecule has 0 aromatic carbocycles. The summed E-state index contributed by atoms with van der Waals surface area (Å²) >= 11 is 0. The predicted molar refractivity (Wildman–Crippen MR) is 57.1 cm³/mol. The van der Waals surface area contributed by atoms with Crippen LogP contribution in [-0.4, -0.2) is 36.2 Å². The minimum atomic E-state index is -0.760. The fourth-order valence-electron chi connectivity index (χ4n) is 0.949. The summed E-state index contributed by atoms with van der Waals surface area (Å²) in [6.45, 7) is 6.92. The predicted octanol–water partition coefficient (Wildman–Crippen LogP) is 0.263. The molecule has 0 aliphatic rings. The van der Waals surface area contributed by atoms with Gasteiger partial charge in [0.2, 0.25) is 5.91 Å². The number of unbranched alkanes of at least 4 members (excludes halogenated alkanes) is 1. The molecule has 1 amide bonds. The van der Waals surface area contributed by atoms with Gasteiger partial charge in [0.25, 0.3) is 0 Å². The van der Waals surface area contributed by atoms with Crippen molar-refractivity contribution in [1.29, 1.82) is 0 Å². The maximum atomic E-state index is 11.1. The second-order valence-corrected chi connectivity index (χ2v) is 4.12. The number of nitrogens with one attached hydrogen (secondary N) is 2. The Labute approximate surface area is 86.1 Å². The van der Waals surface area contributed by atoms with Crippen molar-refractivity contribution in [1.82, 2.24) is 10.6 Å². The Balaban J connectivity index is 3.36. The molecule has 0 aliphatic carbocycles. The van der Waals surface area contributed by atoms with E-state index in [4.69, 9.17) is 0 Å². The number of carbonyl (C=O) groups excluding carboxylic acids is 1. The van der Waals surface area contributed by atoms with Crippen LogP contribution in [0.15, 0.2) is 0 Å². The Kier molecular flexibility index (Phi) is 6.49. The van der Waals surface area contributed by atoms with Gasteiger partial charge in [0.05, 0.1) is 12.1 Å². The number of carbonyl (C=O) groups is 1. The summed E-state index contributed by atoms with van der Waals surface area (Å²) in [7, 11) is 0. The highest BCUT2D eigenvalue weighted by atomic mass is 16.3. The van der Waals surface area contributed by atoms with E-state index in [1.165, 1.54) is 0 Å². The van der Waals surface area contributed by atoms with Gasteiger partial charge in [-0.1, -0.05) is 13.3 Å². The molecule has 0 aliphatic heterocycles. The van der Waals surface area contributed by atoms with Crippen molar-refractivity contribution in [2.45, 2.75) is 39.2 Å². The third kappa shape index (κ3) is 9.48. The van der Waals surface area contributed by atoms with Gasteiger partial charge < -0.3 is 15.7 Å². The molecule has 3 N–H and O–H groups in total. The van der Waals surface area contributed by atoms with E-state index < -0.39 is 5.60 Å². The van der Waals surface area contributed by atoms with Crippen LogP contribution < -0.4 is 10.6 Å². The molecule has 0 fully saturated rings. The minimum Gasteiger partial charge on any atom is -0.389 e. The van der Waals surface area contributed by atoms with Gasteiger partial charge in [0.15, 0.2) is 0 Å². The molecule has 0 bridgehead atoms. The lowest BCUT2D eigenvalue weighted by molar-refractivity contribution is -0.120. The van der Waals surface area contributed by atoms with Crippen molar-refractivity contribution in [3.05, 3.63) is 0 Å². The van der Waals surface area contributed by atoms with Crippen LogP contribution >= 0.6 is 0 Å². The molecule has 0 radical (unpaired) electrons. The van der Waals surface area contributed by atoms with Crippen molar-refractivity contribution in [3.63, 3.8) is 0 Å². The molecular weight excluding hydrogens is 180 g/mol. The summed E-state index contributed by atoms with van der Waals surface area (Å²) in [5, 5.41) is 15.0. The quantitative estimate of drug-likeness (QED) is 0.519. The van der Waals surface area contributed by atoms with E-state index in [0.29, 0.717) is 6.54 Å². The van der Waals surface area contributed by atoms with Crippen LogP contribution in [0.3, 0.4) is 0 Å². The first kappa shape index (κ1) is 13.4. The highest BCUT2D eigenvalue weighted by Crippen LogP contribution is 1.96. The van der Waals surface area contributed by atoms with Crippen LogP contribution in [0.5, 0.6) is 0 Å². The fourth-order valence-corrected chi connectivity index (χ4v) is 0.949. The number of hydrogen-bond acceptors (Lipinski definition) is 3. The SMILES string of the molecule is CCCCNC(=O)CNCC(C)(C)O. The molecule has 0 aromatic rings. The van der Waals surface area contributed by atoms with Crippen molar-refractivity contribution in [2.24, 2.45) is 0 Å². The number of rotatable bonds is 7. The van der Waals surface area contributed by atoms with Crippen molar-refractivity contribution in [2.75, 3.05) is 19.6 Å². The van der Waals surface area contributed by atoms with Crippen molar-refractivity contribution in [3.8, 4) is 0 Å². The summed E-state index contributed by atoms with van der Waals surface area (Å²) in [5.74, 6) is -0.0114. The van der Waals surface area contributed by atoms with Crippen LogP contribution in [0.2, 0.25) is 0 Å². The normalized spacial score (nSPS) is 11.4. The molecule has 14 heavy (non-hydrogen) atoms. The zero-order chi connectivity index (χ0) is 11.0. The van der Waals surface area contributed by atoms with E-state index in [-0.39, 0.29) is 12.5 Å². The number of aliphatic hydroxyl groups is 1. The Morgan fingerprint density at radius 3 is 2.57 bits per heavy atom. The van der Waals surface area contributed by atoms with E-state index in [2.05, 4.69) is 17.6 Å². The van der Waals surface area contributed by atoms with Crippen LogP contribution in [0.4, 0.5) is 0 Å². The Morgan fingerprint density at radius 2 is 2.07 bits per heavy atom. The zero-order valence-electron chi connectivity index (χ0n) is 9.39. The van der Waals surface area contributed by atoms with Gasteiger partial charge in [0, 0.05) is 13.1 Å². The third-order valence-corrected chi connectivity index (χ3v) is 1.70. The summed E-state index contributed by atoms with van der Waals surface area (Å²) in [6, 6.07) is 0. The van der Waals surface area contributed by atoms with Gasteiger partial charge in [-0.3, -0.25) is 4.79 Å². The molecule has 0 saturated carbocycles. The highest BCUT2D eigenvalue weighted by molar-refractivity contribution is 5.77. The smallest absolute Gasteiger partial charge is 0.233 e. The first-order chi connectivity index (χ1) is 6.45. The first-order valence-electron chi connectivity index (χ1n) is 5.15. The molecule has 0 atom stereocenters. The van der Waals surface area contributed by atoms with Gasteiger partial charge in [-0.05, 0) is 20.3 Å². The van der Waals surface area contributed by atoms with Crippen LogP contribution in [0.1, 0.15) is 33.6 Å². The summed E-state index contributed by atoms with van der Waals surface area (Å²) < 4.78 is 0. The molecule has 0 unspecified atom stereocenters. The van der Waals surface area contributed by atoms with Gasteiger partial charge in [-0.2, -0.15) is 0 Å². The van der Waals surface area contributed by atoms with E-state index >= 15 is 0 Å². The van der Waals surface area contributed by atoms with E-state index in [9.17, 15) is 9.90 Å². The van der Waals surface area contributed by atoms with Crippen LogP contribution in [0, 0.1) is 0 Å². The molecule has 0 rings (SSSR count). The number of hydrogen-bond donors (Lipinski definition) is 3. The minimum absolute atomic E-state index is 0.0114. The standard InChI is InChI=1S/C10H22N2O2/c1-4-5-6-12-9(13)7-11-8-10(2,3)14/h11,14H,4-8H2,1-3H3,(H,12,13). The second-order valence-electron chi connectivity index (χ2n) is 4.12. The van der Waals surface area contributed by atoms with E-state index in [1.807, 2.05) is 0 Å². The molecule has 4 nitrogen and oxygen atoms in total. The molecular formula is C10H22N2O2. The second kappa shape index (κ2) is 6.79. The Morgan fingerprint density at radius 1 is 1.43 bits per heavy atom. The Bertz CT molecular complexity index is 164. The van der Waals surface area contributed by atoms with Crippen molar-refractivity contribution < 1.29 is 9.90 Å². The summed E-state index contributed by atoms with van der Waals surface area (Å²) in [5.41, 5.74) is -0.760. The van der Waals surface area contributed by atoms with Gasteiger partial charge in [-0.15, -0.1) is 0 Å². The van der Waals surface area contributed by atoms with Crippen molar-refractivity contribution >= 4 is 5.91 Å². The molecule has 0 spiro atoms. The summed E-state index contributed by atoms with van der Waals surface area (Å²) in [6.07, 6.45) is 2.09. The maximum absolute atomic E-state index is 11.1. The largest absolute Gasteiger partial charge is 0.389 e. The lowest BCUT2D eigenvalue weighted by Crippen LogP contribution is -2.41. The average molecular weight is 202 g/mol. The van der Waals surface area contributed by atoms with Crippen LogP contribution in [-0.2, 0) is 4.79 Å². The fraction of sp³-hybridized carbons (Fsp3) is 0.900.